The molecule has 1 rings (SSSR count). The van der Waals surface area contributed by atoms with Crippen LogP contribution in [0, 0.1) is 6.92 Å². The standard InChI is InChI=1S/C18H30NO3PS/c1-8-23(9-2,10-3)11-14(20)19-15-13(4)12-24-16(15)17(21)22-18(5,6)7/h12H,8-11H2,1-7H3/p+1. The molecular weight excluding hydrogens is 341 g/mol. The number of amides is 1. The minimum Gasteiger partial charge on any atom is -0.456 e. The van der Waals surface area contributed by atoms with Crippen LogP contribution in [0.25, 0.3) is 0 Å². The lowest BCUT2D eigenvalue weighted by Gasteiger charge is -2.23. The van der Waals surface area contributed by atoms with Crippen LogP contribution in [0.1, 0.15) is 56.8 Å². The highest BCUT2D eigenvalue weighted by atomic mass is 32.1. The van der Waals surface area contributed by atoms with Gasteiger partial charge in [-0.3, -0.25) is 4.79 Å². The van der Waals surface area contributed by atoms with E-state index in [1.165, 1.54) is 11.3 Å². The first-order chi connectivity index (χ1) is 11.1. The van der Waals surface area contributed by atoms with Gasteiger partial charge in [0, 0.05) is 7.26 Å². The number of nitrogens with one attached hydrogen (secondary N) is 1. The minimum atomic E-state index is -1.23. The number of carbonyl (C=O) groups is 2. The van der Waals surface area contributed by atoms with Crippen LogP contribution >= 0.6 is 18.6 Å². The third-order valence-electron chi connectivity index (χ3n) is 4.32. The normalized spacial score (nSPS) is 12.1. The van der Waals surface area contributed by atoms with Crippen LogP contribution in [0.4, 0.5) is 5.69 Å². The van der Waals surface area contributed by atoms with Crippen molar-refractivity contribution in [1.29, 1.82) is 0 Å². The molecule has 0 spiro atoms. The maximum atomic E-state index is 12.6. The highest BCUT2D eigenvalue weighted by Crippen LogP contribution is 2.57. The summed E-state index contributed by atoms with van der Waals surface area (Å²) in [5.74, 6) is -0.362. The monoisotopic (exact) mass is 372 g/mol. The van der Waals surface area contributed by atoms with Gasteiger partial charge in [0.05, 0.1) is 24.2 Å². The predicted molar refractivity (Wildman–Crippen MR) is 106 cm³/mol. The van der Waals surface area contributed by atoms with E-state index in [0.29, 0.717) is 16.7 Å². The van der Waals surface area contributed by atoms with E-state index in [2.05, 4.69) is 26.1 Å². The number of aryl methyl sites for hydroxylation is 1. The Bertz CT molecular complexity index is 577. The molecule has 6 heteroatoms. The van der Waals surface area contributed by atoms with Crippen LogP contribution in [-0.2, 0) is 9.53 Å². The van der Waals surface area contributed by atoms with Gasteiger partial charge in [-0.25, -0.2) is 4.79 Å². The second-order valence-corrected chi connectivity index (χ2v) is 12.9. The van der Waals surface area contributed by atoms with E-state index in [1.807, 2.05) is 33.1 Å². The van der Waals surface area contributed by atoms with E-state index < -0.39 is 12.9 Å². The Morgan fingerprint density at radius 1 is 1.17 bits per heavy atom. The fourth-order valence-electron chi connectivity index (χ4n) is 2.56. The summed E-state index contributed by atoms with van der Waals surface area (Å²) < 4.78 is 5.45. The summed E-state index contributed by atoms with van der Waals surface area (Å²) in [4.78, 5) is 25.4. The molecule has 0 fully saturated rings. The zero-order valence-electron chi connectivity index (χ0n) is 16.0. The van der Waals surface area contributed by atoms with Gasteiger partial charge in [0.1, 0.15) is 16.6 Å². The number of hydrogen-bond donors (Lipinski definition) is 1. The van der Waals surface area contributed by atoms with Crippen molar-refractivity contribution in [3.8, 4) is 0 Å². The lowest BCUT2D eigenvalue weighted by atomic mass is 10.2. The highest BCUT2D eigenvalue weighted by Gasteiger charge is 2.35. The van der Waals surface area contributed by atoms with E-state index in [0.717, 1.165) is 24.0 Å². The average Bonchev–Trinajstić information content (AvgIpc) is 2.84. The second kappa shape index (κ2) is 8.44. The van der Waals surface area contributed by atoms with Crippen molar-refractivity contribution in [3.63, 3.8) is 0 Å². The Morgan fingerprint density at radius 3 is 2.17 bits per heavy atom. The van der Waals surface area contributed by atoms with Gasteiger partial charge in [-0.15, -0.1) is 11.3 Å². The van der Waals surface area contributed by atoms with Crippen molar-refractivity contribution in [1.82, 2.24) is 0 Å². The van der Waals surface area contributed by atoms with Gasteiger partial charge in [0.25, 0.3) is 5.91 Å². The van der Waals surface area contributed by atoms with Crippen LogP contribution in [0.15, 0.2) is 5.38 Å². The third kappa shape index (κ3) is 5.56. The number of thiophene rings is 1. The predicted octanol–water partition coefficient (Wildman–Crippen LogP) is 5.03. The fraction of sp³-hybridized carbons (Fsp3) is 0.667. The summed E-state index contributed by atoms with van der Waals surface area (Å²) in [5.41, 5.74) is 0.965. The Morgan fingerprint density at radius 2 is 1.71 bits per heavy atom. The van der Waals surface area contributed by atoms with E-state index in [1.54, 1.807) is 0 Å². The molecule has 1 aromatic rings. The molecule has 136 valence electrons. The molecule has 1 amide bonds. The molecule has 0 radical (unpaired) electrons. The number of anilines is 1. The van der Waals surface area contributed by atoms with E-state index in [4.69, 9.17) is 4.74 Å². The molecule has 1 heterocycles. The third-order valence-corrected chi connectivity index (χ3v) is 10.4. The number of rotatable bonds is 7. The van der Waals surface area contributed by atoms with Crippen LogP contribution in [0.5, 0.6) is 0 Å². The minimum absolute atomic E-state index is 0.0141. The summed E-state index contributed by atoms with van der Waals surface area (Å²) in [5, 5.41) is 4.87. The van der Waals surface area contributed by atoms with Crippen molar-refractivity contribution in [3.05, 3.63) is 15.8 Å². The molecule has 0 atom stereocenters. The van der Waals surface area contributed by atoms with Crippen molar-refractivity contribution >= 4 is 36.2 Å². The second-order valence-electron chi connectivity index (χ2n) is 7.12. The summed E-state index contributed by atoms with van der Waals surface area (Å²) in [6.45, 7) is 14.0. The highest BCUT2D eigenvalue weighted by molar-refractivity contribution is 7.76. The Kier molecular flexibility index (Phi) is 7.43. The molecule has 4 nitrogen and oxygen atoms in total. The Balaban J connectivity index is 2.94. The van der Waals surface area contributed by atoms with Gasteiger partial charge in [-0.2, -0.15) is 0 Å². The molecule has 1 aromatic heterocycles. The van der Waals surface area contributed by atoms with Crippen LogP contribution in [-0.4, -0.2) is 42.1 Å². The van der Waals surface area contributed by atoms with Gasteiger partial charge in [-0.1, -0.05) is 0 Å². The van der Waals surface area contributed by atoms with Gasteiger partial charge in [-0.05, 0) is 59.4 Å². The van der Waals surface area contributed by atoms with Gasteiger partial charge >= 0.3 is 5.97 Å². The van der Waals surface area contributed by atoms with E-state index in [9.17, 15) is 9.59 Å². The topological polar surface area (TPSA) is 55.4 Å². The molecule has 0 saturated heterocycles. The molecule has 1 N–H and O–H groups in total. The summed E-state index contributed by atoms with van der Waals surface area (Å²) >= 11 is 1.32. The lowest BCUT2D eigenvalue weighted by molar-refractivity contribution is -0.113. The van der Waals surface area contributed by atoms with Crippen molar-refractivity contribution in [2.24, 2.45) is 0 Å². The van der Waals surface area contributed by atoms with E-state index in [-0.39, 0.29) is 11.9 Å². The fourth-order valence-corrected chi connectivity index (χ4v) is 6.15. The number of ether oxygens (including phenoxy) is 1. The zero-order chi connectivity index (χ0) is 18.5. The maximum absolute atomic E-state index is 12.6. The largest absolute Gasteiger partial charge is 0.456 e. The molecule has 24 heavy (non-hydrogen) atoms. The first kappa shape index (κ1) is 21.1. The molecule has 0 aromatic carbocycles. The first-order valence-corrected chi connectivity index (χ1v) is 11.9. The number of carbonyl (C=O) groups excluding carboxylic acids is 2. The SMILES string of the molecule is CC[P+](CC)(CC)CC(=O)Nc1c(C)csc1C(=O)OC(C)(C)C. The molecule has 0 unspecified atom stereocenters. The molecule has 0 bridgehead atoms. The van der Waals surface area contributed by atoms with Gasteiger partial charge in [0.2, 0.25) is 0 Å². The smallest absolute Gasteiger partial charge is 0.351 e. The van der Waals surface area contributed by atoms with Crippen LogP contribution < -0.4 is 5.32 Å². The quantitative estimate of drug-likeness (QED) is 0.540. The lowest BCUT2D eigenvalue weighted by Crippen LogP contribution is -2.25. The molecule has 0 aliphatic rings. The zero-order valence-corrected chi connectivity index (χ0v) is 17.7. The van der Waals surface area contributed by atoms with Gasteiger partial charge in [0.15, 0.2) is 0 Å². The molecule has 0 aliphatic carbocycles. The van der Waals surface area contributed by atoms with Gasteiger partial charge < -0.3 is 10.1 Å². The number of hydrogen-bond acceptors (Lipinski definition) is 4. The molecule has 0 aliphatic heterocycles. The summed E-state index contributed by atoms with van der Waals surface area (Å²) in [7, 11) is -1.23. The van der Waals surface area contributed by atoms with Crippen molar-refractivity contribution < 1.29 is 14.3 Å². The summed E-state index contributed by atoms with van der Waals surface area (Å²) in [6.07, 6.45) is 3.82. The summed E-state index contributed by atoms with van der Waals surface area (Å²) in [6, 6.07) is 0. The average molecular weight is 372 g/mol. The van der Waals surface area contributed by atoms with E-state index >= 15 is 0 Å². The van der Waals surface area contributed by atoms with Crippen LogP contribution in [0.3, 0.4) is 0 Å². The van der Waals surface area contributed by atoms with Crippen molar-refractivity contribution in [2.75, 3.05) is 30.0 Å². The first-order valence-electron chi connectivity index (χ1n) is 8.53. The van der Waals surface area contributed by atoms with Crippen LogP contribution in [0.2, 0.25) is 0 Å². The Labute approximate surface area is 150 Å². The molecule has 0 saturated carbocycles. The Hall–Kier alpha value is -0.930. The van der Waals surface area contributed by atoms with Crippen molar-refractivity contribution in [2.45, 2.75) is 54.1 Å². The maximum Gasteiger partial charge on any atom is 0.351 e. The number of esters is 1. The molecular formula is C18H31NO3PS+.